The van der Waals surface area contributed by atoms with Gasteiger partial charge in [0.1, 0.15) is 0 Å². The molecule has 8 nitrogen and oxygen atoms in total. The van der Waals surface area contributed by atoms with Gasteiger partial charge in [-0.25, -0.2) is 4.79 Å². The van der Waals surface area contributed by atoms with Crippen molar-refractivity contribution in [2.45, 2.75) is 6.18 Å². The average Bonchev–Trinajstić information content (AvgIpc) is 3.18. The van der Waals surface area contributed by atoms with Crippen molar-refractivity contribution >= 4 is 5.69 Å². The van der Waals surface area contributed by atoms with E-state index in [0.717, 1.165) is 17.2 Å². The second-order valence-corrected chi connectivity index (χ2v) is 8.55. The lowest BCUT2D eigenvalue weighted by atomic mass is 10.1. The number of aromatic nitrogens is 4. The van der Waals surface area contributed by atoms with Crippen molar-refractivity contribution in [2.24, 2.45) is 7.05 Å². The van der Waals surface area contributed by atoms with E-state index in [2.05, 4.69) is 15.3 Å². The predicted octanol–water partition coefficient (Wildman–Crippen LogP) is 3.02. The zero-order valence-corrected chi connectivity index (χ0v) is 19.3. The Kier molecular flexibility index (Phi) is 6.00. The van der Waals surface area contributed by atoms with Crippen LogP contribution in [0.5, 0.6) is 0 Å². The van der Waals surface area contributed by atoms with Crippen molar-refractivity contribution in [1.29, 1.82) is 0 Å². The van der Waals surface area contributed by atoms with Crippen molar-refractivity contribution in [2.75, 3.05) is 31.1 Å². The maximum Gasteiger partial charge on any atom is 0.418 e. The maximum atomic E-state index is 14.1. The summed E-state index contributed by atoms with van der Waals surface area (Å²) < 4.78 is 44.9. The van der Waals surface area contributed by atoms with Crippen molar-refractivity contribution in [1.82, 2.24) is 24.4 Å². The van der Waals surface area contributed by atoms with E-state index in [1.54, 1.807) is 41.7 Å². The molecule has 0 amide bonds. The number of imidazole rings is 1. The Morgan fingerprint density at radius 3 is 2.44 bits per heavy atom. The first-order valence-corrected chi connectivity index (χ1v) is 11.3. The number of anilines is 1. The van der Waals surface area contributed by atoms with E-state index in [4.69, 9.17) is 0 Å². The third kappa shape index (κ3) is 4.44. The molecule has 1 saturated heterocycles. The summed E-state index contributed by atoms with van der Waals surface area (Å²) in [5, 5.41) is 3.14. The summed E-state index contributed by atoms with van der Waals surface area (Å²) >= 11 is 0. The average molecular weight is 496 g/mol. The SMILES string of the molecule is Cn1cc(-c2cc(-c3ccc(=O)[nH]c3)ccn2)n(-c2ccc(N3CCNCC3)c(C(F)(F)F)c2)c1=O. The van der Waals surface area contributed by atoms with Crippen LogP contribution in [0.25, 0.3) is 28.2 Å². The molecule has 11 heteroatoms. The van der Waals surface area contributed by atoms with Crippen molar-refractivity contribution < 1.29 is 13.2 Å². The molecule has 0 saturated carbocycles. The largest absolute Gasteiger partial charge is 0.418 e. The molecule has 2 N–H and O–H groups in total. The molecule has 1 aliphatic heterocycles. The number of nitrogens with one attached hydrogen (secondary N) is 2. The number of hydrogen-bond acceptors (Lipinski definition) is 5. The van der Waals surface area contributed by atoms with Gasteiger partial charge in [-0.1, -0.05) is 0 Å². The van der Waals surface area contributed by atoms with Crippen LogP contribution < -0.4 is 21.5 Å². The van der Waals surface area contributed by atoms with E-state index >= 15 is 0 Å². The third-order valence-electron chi connectivity index (χ3n) is 6.19. The summed E-state index contributed by atoms with van der Waals surface area (Å²) in [6, 6.07) is 10.5. The Morgan fingerprint density at radius 1 is 0.972 bits per heavy atom. The van der Waals surface area contributed by atoms with Crippen molar-refractivity contribution in [3.05, 3.63) is 87.5 Å². The Balaban J connectivity index is 1.63. The highest BCUT2D eigenvalue weighted by Crippen LogP contribution is 2.38. The van der Waals surface area contributed by atoms with E-state index < -0.39 is 17.4 Å². The fraction of sp³-hybridized carbons (Fsp3) is 0.240. The lowest BCUT2D eigenvalue weighted by Crippen LogP contribution is -2.44. The summed E-state index contributed by atoms with van der Waals surface area (Å²) in [6.45, 7) is 2.11. The van der Waals surface area contributed by atoms with Crippen molar-refractivity contribution in [3.63, 3.8) is 0 Å². The minimum absolute atomic E-state index is 0.0940. The normalized spacial score (nSPS) is 14.3. The quantitative estimate of drug-likeness (QED) is 0.454. The molecule has 4 aromatic rings. The molecule has 0 bridgehead atoms. The maximum absolute atomic E-state index is 14.1. The number of H-pyrrole nitrogens is 1. The number of alkyl halides is 3. The third-order valence-corrected chi connectivity index (χ3v) is 6.19. The first kappa shape index (κ1) is 23.6. The number of hydrogen-bond donors (Lipinski definition) is 2. The van der Waals surface area contributed by atoms with Crippen molar-refractivity contribution in [3.8, 4) is 28.2 Å². The Hall–Kier alpha value is -4.12. The summed E-state index contributed by atoms with van der Waals surface area (Å²) in [4.78, 5) is 33.2. The highest BCUT2D eigenvalue weighted by Gasteiger charge is 2.36. The predicted molar refractivity (Wildman–Crippen MR) is 130 cm³/mol. The van der Waals surface area contributed by atoms with Crippen LogP contribution in [0.3, 0.4) is 0 Å². The number of rotatable bonds is 4. The molecule has 4 heterocycles. The second-order valence-electron chi connectivity index (χ2n) is 8.55. The van der Waals surface area contributed by atoms with Gasteiger partial charge in [0, 0.05) is 63.6 Å². The molecule has 186 valence electrons. The lowest BCUT2D eigenvalue weighted by Gasteiger charge is -2.31. The topological polar surface area (TPSA) is 87.9 Å². The molecule has 0 aliphatic carbocycles. The minimum atomic E-state index is -4.60. The van der Waals surface area contributed by atoms with Gasteiger partial charge < -0.3 is 19.8 Å². The number of piperazine rings is 1. The highest BCUT2D eigenvalue weighted by molar-refractivity contribution is 5.69. The molecule has 5 rings (SSSR count). The molecule has 1 aliphatic rings. The van der Waals surface area contributed by atoms with Gasteiger partial charge in [0.05, 0.1) is 22.6 Å². The number of pyridine rings is 2. The molecule has 1 fully saturated rings. The first-order chi connectivity index (χ1) is 17.2. The number of nitrogens with zero attached hydrogens (tertiary/aromatic N) is 4. The van der Waals surface area contributed by atoms with Crippen LogP contribution in [-0.4, -0.2) is 45.3 Å². The summed E-state index contributed by atoms with van der Waals surface area (Å²) in [7, 11) is 1.54. The van der Waals surface area contributed by atoms with Crippen LogP contribution >= 0.6 is 0 Å². The van der Waals surface area contributed by atoms with Gasteiger partial charge in [-0.15, -0.1) is 0 Å². The number of aromatic amines is 1. The molecule has 0 atom stereocenters. The summed E-state index contributed by atoms with van der Waals surface area (Å²) in [5.74, 6) is 0. The van der Waals surface area contributed by atoms with E-state index in [-0.39, 0.29) is 16.9 Å². The monoisotopic (exact) mass is 496 g/mol. The highest BCUT2D eigenvalue weighted by atomic mass is 19.4. The Morgan fingerprint density at radius 2 is 1.75 bits per heavy atom. The van der Waals surface area contributed by atoms with Crippen LogP contribution in [0.2, 0.25) is 0 Å². The van der Waals surface area contributed by atoms with Crippen LogP contribution in [-0.2, 0) is 13.2 Å². The van der Waals surface area contributed by atoms with Crippen LogP contribution in [0.4, 0.5) is 18.9 Å². The number of halogens is 3. The molecule has 1 aromatic carbocycles. The smallest absolute Gasteiger partial charge is 0.368 e. The van der Waals surface area contributed by atoms with E-state index in [1.807, 2.05) is 0 Å². The van der Waals surface area contributed by atoms with Gasteiger partial charge in [-0.2, -0.15) is 13.2 Å². The molecule has 0 radical (unpaired) electrons. The van der Waals surface area contributed by atoms with Crippen LogP contribution in [0.15, 0.2) is 70.6 Å². The molecular weight excluding hydrogens is 473 g/mol. The zero-order chi connectivity index (χ0) is 25.4. The second kappa shape index (κ2) is 9.15. The standard InChI is InChI=1S/C25H23F3N6O2/c1-32-15-22(20-12-16(6-7-30-20)17-2-5-23(35)31-14-17)34(24(32)36)18-3-4-21(19(13-18)25(26,27)28)33-10-8-29-9-11-33/h2-7,12-15,29H,8-11H2,1H3,(H,31,35). The number of aryl methyl sites for hydroxylation is 1. The Labute approximate surface area is 203 Å². The lowest BCUT2D eigenvalue weighted by molar-refractivity contribution is -0.137. The van der Waals surface area contributed by atoms with E-state index in [1.165, 1.54) is 34.4 Å². The molecule has 3 aromatic heterocycles. The van der Waals surface area contributed by atoms with Crippen LogP contribution in [0, 0.1) is 0 Å². The van der Waals surface area contributed by atoms with Gasteiger partial charge >= 0.3 is 11.9 Å². The van der Waals surface area contributed by atoms with Gasteiger partial charge in [-0.3, -0.25) is 14.3 Å². The van der Waals surface area contributed by atoms with Gasteiger partial charge in [-0.05, 0) is 47.5 Å². The summed E-state index contributed by atoms with van der Waals surface area (Å²) in [6.07, 6.45) is 0.0478. The van der Waals surface area contributed by atoms with Gasteiger partial charge in [0.2, 0.25) is 5.56 Å². The van der Waals surface area contributed by atoms with Crippen LogP contribution in [0.1, 0.15) is 5.56 Å². The zero-order valence-electron chi connectivity index (χ0n) is 19.3. The Bertz CT molecular complexity index is 1510. The van der Waals surface area contributed by atoms with E-state index in [0.29, 0.717) is 37.6 Å². The molecule has 0 spiro atoms. The fourth-order valence-corrected chi connectivity index (χ4v) is 4.40. The van der Waals surface area contributed by atoms with E-state index in [9.17, 15) is 22.8 Å². The first-order valence-electron chi connectivity index (χ1n) is 11.3. The fourth-order valence-electron chi connectivity index (χ4n) is 4.40. The van der Waals surface area contributed by atoms with Gasteiger partial charge in [0.15, 0.2) is 0 Å². The molecule has 0 unspecified atom stereocenters. The minimum Gasteiger partial charge on any atom is -0.368 e. The molecule has 36 heavy (non-hydrogen) atoms. The number of benzene rings is 1. The molecular formula is C25H23F3N6O2. The summed E-state index contributed by atoms with van der Waals surface area (Å²) in [5.41, 5.74) is 0.854. The van der Waals surface area contributed by atoms with Gasteiger partial charge in [0.25, 0.3) is 0 Å².